The largest absolute Gasteiger partial charge is 0.454 e. The van der Waals surface area contributed by atoms with E-state index in [1.807, 2.05) is 72.8 Å². The van der Waals surface area contributed by atoms with Crippen LogP contribution in [0.4, 0.5) is 0 Å². The maximum Gasteiger partial charge on any atom is 0.312 e. The molecule has 0 radical (unpaired) electrons. The number of carbonyl (C=O) groups excluding carboxylic acids is 3. The molecule has 1 fully saturated rings. The van der Waals surface area contributed by atoms with E-state index in [-0.39, 0.29) is 26.3 Å². The summed E-state index contributed by atoms with van der Waals surface area (Å²) in [5.41, 5.74) is 8.09. The number of amides is 2. The molecule has 0 saturated carbocycles. The third kappa shape index (κ3) is 6.04. The highest BCUT2D eigenvalue weighted by molar-refractivity contribution is 6.35. The minimum Gasteiger partial charge on any atom is -0.454 e. The molecule has 1 unspecified atom stereocenters. The lowest BCUT2D eigenvalue weighted by molar-refractivity contribution is -0.159. The van der Waals surface area contributed by atoms with Crippen molar-refractivity contribution in [2.24, 2.45) is 11.7 Å². The third-order valence-corrected chi connectivity index (χ3v) is 6.93. The molecular weight excluding hydrogens is 498 g/mol. The van der Waals surface area contributed by atoms with E-state index in [0.717, 1.165) is 16.7 Å². The standard InChI is InChI=1S/C30H31N3O6/c31-13-14-32-15-16-33(29(35)28(32)34)19-24(17-21-11-12-25-26(18-21)38-20-37-25)30(36)39-27(22-7-3-1-4-8-22)23-9-5-2-6-10-23/h1-12,18,24,27H,13-17,19-20,31H2. The van der Waals surface area contributed by atoms with Gasteiger partial charge in [0.1, 0.15) is 0 Å². The summed E-state index contributed by atoms with van der Waals surface area (Å²) in [4.78, 5) is 42.3. The second kappa shape index (κ2) is 12.0. The van der Waals surface area contributed by atoms with Crippen LogP contribution < -0.4 is 15.2 Å². The number of rotatable bonds is 10. The molecule has 39 heavy (non-hydrogen) atoms. The molecule has 0 aliphatic carbocycles. The zero-order chi connectivity index (χ0) is 27.2. The first-order chi connectivity index (χ1) is 19.0. The van der Waals surface area contributed by atoms with Crippen molar-refractivity contribution in [1.29, 1.82) is 0 Å². The van der Waals surface area contributed by atoms with Crippen molar-refractivity contribution in [2.75, 3.05) is 39.5 Å². The minimum atomic E-state index is -0.724. The SMILES string of the molecule is NCCN1CCN(CC(Cc2ccc3c(c2)OCO3)C(=O)OC(c2ccccc2)c2ccccc2)C(=O)C1=O. The summed E-state index contributed by atoms with van der Waals surface area (Å²) in [6.45, 7) is 1.46. The van der Waals surface area contributed by atoms with E-state index in [2.05, 4.69) is 0 Å². The zero-order valence-electron chi connectivity index (χ0n) is 21.5. The van der Waals surface area contributed by atoms with Gasteiger partial charge in [-0.15, -0.1) is 0 Å². The molecule has 0 bridgehead atoms. The number of fused-ring (bicyclic) bond motifs is 1. The van der Waals surface area contributed by atoms with Gasteiger partial charge in [-0.25, -0.2) is 0 Å². The van der Waals surface area contributed by atoms with Crippen LogP contribution in [-0.2, 0) is 25.5 Å². The van der Waals surface area contributed by atoms with Gasteiger partial charge in [-0.1, -0.05) is 66.7 Å². The zero-order valence-corrected chi connectivity index (χ0v) is 21.5. The lowest BCUT2D eigenvalue weighted by atomic mass is 9.97. The quantitative estimate of drug-likeness (QED) is 0.317. The molecule has 9 heteroatoms. The molecule has 2 N–H and O–H groups in total. The number of nitrogens with two attached hydrogens (primary N) is 1. The fourth-order valence-electron chi connectivity index (χ4n) is 4.90. The molecule has 3 aromatic rings. The molecule has 202 valence electrons. The van der Waals surface area contributed by atoms with Crippen molar-refractivity contribution in [2.45, 2.75) is 12.5 Å². The fraction of sp³-hybridized carbons (Fsp3) is 0.300. The molecule has 0 spiro atoms. The maximum atomic E-state index is 13.8. The first kappa shape index (κ1) is 26.2. The van der Waals surface area contributed by atoms with Crippen molar-refractivity contribution >= 4 is 17.8 Å². The van der Waals surface area contributed by atoms with Crippen molar-refractivity contribution in [3.05, 3.63) is 95.6 Å². The van der Waals surface area contributed by atoms with Crippen molar-refractivity contribution < 1.29 is 28.6 Å². The van der Waals surface area contributed by atoms with Gasteiger partial charge in [0.15, 0.2) is 17.6 Å². The van der Waals surface area contributed by atoms with Gasteiger partial charge in [0, 0.05) is 32.7 Å². The van der Waals surface area contributed by atoms with Crippen LogP contribution >= 0.6 is 0 Å². The molecule has 5 rings (SSSR count). The first-order valence-corrected chi connectivity index (χ1v) is 13.0. The van der Waals surface area contributed by atoms with Crippen LogP contribution in [0.5, 0.6) is 11.5 Å². The Balaban J connectivity index is 1.40. The fourth-order valence-corrected chi connectivity index (χ4v) is 4.90. The summed E-state index contributed by atoms with van der Waals surface area (Å²) in [5, 5.41) is 0. The highest BCUT2D eigenvalue weighted by Gasteiger charge is 2.36. The van der Waals surface area contributed by atoms with Crippen LogP contribution in [0, 0.1) is 5.92 Å². The van der Waals surface area contributed by atoms with Gasteiger partial charge in [0.05, 0.1) is 5.92 Å². The van der Waals surface area contributed by atoms with Crippen LogP contribution in [0.2, 0.25) is 0 Å². The van der Waals surface area contributed by atoms with Crippen molar-refractivity contribution in [3.8, 4) is 11.5 Å². The van der Waals surface area contributed by atoms with Crippen LogP contribution in [0.15, 0.2) is 78.9 Å². The van der Waals surface area contributed by atoms with Gasteiger partial charge in [0.25, 0.3) is 0 Å². The Morgan fingerprint density at radius 1 is 0.846 bits per heavy atom. The average Bonchev–Trinajstić information content (AvgIpc) is 3.44. The third-order valence-electron chi connectivity index (χ3n) is 6.93. The molecule has 2 amide bonds. The molecule has 1 atom stereocenters. The number of nitrogens with zero attached hydrogens (tertiary/aromatic N) is 2. The molecule has 0 aromatic heterocycles. The topological polar surface area (TPSA) is 111 Å². The van der Waals surface area contributed by atoms with Gasteiger partial charge in [-0.2, -0.15) is 0 Å². The Kier molecular flexibility index (Phi) is 8.07. The summed E-state index contributed by atoms with van der Waals surface area (Å²) < 4.78 is 17.1. The van der Waals surface area contributed by atoms with Gasteiger partial charge < -0.3 is 29.7 Å². The van der Waals surface area contributed by atoms with E-state index in [9.17, 15) is 14.4 Å². The first-order valence-electron chi connectivity index (χ1n) is 13.0. The Morgan fingerprint density at radius 2 is 1.46 bits per heavy atom. The van der Waals surface area contributed by atoms with Crippen LogP contribution in [-0.4, -0.2) is 67.1 Å². The highest BCUT2D eigenvalue weighted by atomic mass is 16.7. The van der Waals surface area contributed by atoms with Gasteiger partial charge in [0.2, 0.25) is 6.79 Å². The average molecular weight is 530 g/mol. The number of piperazine rings is 1. The number of hydrogen-bond acceptors (Lipinski definition) is 7. The van der Waals surface area contributed by atoms with E-state index in [1.54, 1.807) is 6.07 Å². The summed E-state index contributed by atoms with van der Waals surface area (Å²) in [7, 11) is 0. The van der Waals surface area contributed by atoms with E-state index >= 15 is 0 Å². The van der Waals surface area contributed by atoms with Crippen LogP contribution in [0.1, 0.15) is 22.8 Å². The summed E-state index contributed by atoms with van der Waals surface area (Å²) in [5.74, 6) is -1.18. The van der Waals surface area contributed by atoms with Crippen molar-refractivity contribution in [3.63, 3.8) is 0 Å². The molecule has 9 nitrogen and oxygen atoms in total. The predicted molar refractivity (Wildman–Crippen MR) is 143 cm³/mol. The normalized spacial score (nSPS) is 15.5. The molecule has 2 heterocycles. The number of carbonyl (C=O) groups is 3. The van der Waals surface area contributed by atoms with Crippen LogP contribution in [0.3, 0.4) is 0 Å². The number of benzene rings is 3. The Labute approximate surface area is 227 Å². The van der Waals surface area contributed by atoms with Gasteiger partial charge in [-0.05, 0) is 35.2 Å². The van der Waals surface area contributed by atoms with E-state index in [4.69, 9.17) is 19.9 Å². The lowest BCUT2D eigenvalue weighted by Crippen LogP contribution is -2.56. The number of ether oxygens (including phenoxy) is 3. The molecule has 2 aliphatic rings. The maximum absolute atomic E-state index is 13.8. The Hall–Kier alpha value is -4.37. The number of hydrogen-bond donors (Lipinski definition) is 1. The van der Waals surface area contributed by atoms with E-state index < -0.39 is 29.8 Å². The lowest BCUT2D eigenvalue weighted by Gasteiger charge is -2.35. The molecule has 1 saturated heterocycles. The second-order valence-corrected chi connectivity index (χ2v) is 9.56. The second-order valence-electron chi connectivity index (χ2n) is 9.56. The van der Waals surface area contributed by atoms with E-state index in [1.165, 1.54) is 9.80 Å². The monoisotopic (exact) mass is 529 g/mol. The molecule has 3 aromatic carbocycles. The smallest absolute Gasteiger partial charge is 0.312 e. The van der Waals surface area contributed by atoms with Crippen molar-refractivity contribution in [1.82, 2.24) is 9.80 Å². The highest BCUT2D eigenvalue weighted by Crippen LogP contribution is 2.34. The number of esters is 1. The summed E-state index contributed by atoms with van der Waals surface area (Å²) in [6.07, 6.45) is -0.339. The predicted octanol–water partition coefficient (Wildman–Crippen LogP) is 2.54. The van der Waals surface area contributed by atoms with Crippen LogP contribution in [0.25, 0.3) is 0 Å². The Morgan fingerprint density at radius 3 is 2.13 bits per heavy atom. The summed E-state index contributed by atoms with van der Waals surface area (Å²) in [6, 6.07) is 24.6. The minimum absolute atomic E-state index is 0.0462. The summed E-state index contributed by atoms with van der Waals surface area (Å²) >= 11 is 0. The van der Waals surface area contributed by atoms with E-state index in [0.29, 0.717) is 31.1 Å². The van der Waals surface area contributed by atoms with Gasteiger partial charge >= 0.3 is 17.8 Å². The van der Waals surface area contributed by atoms with Gasteiger partial charge in [-0.3, -0.25) is 14.4 Å². The Bertz CT molecular complexity index is 1280. The molecule has 2 aliphatic heterocycles. The molecular formula is C30H31N3O6.